The zero-order chi connectivity index (χ0) is 18.8. The molecule has 4 heteroatoms. The third-order valence-electron chi connectivity index (χ3n) is 5.71. The van der Waals surface area contributed by atoms with Gasteiger partial charge in [0.25, 0.3) is 5.91 Å². The maximum Gasteiger partial charge on any atom is 0.253 e. The van der Waals surface area contributed by atoms with Gasteiger partial charge in [-0.1, -0.05) is 67.8 Å². The van der Waals surface area contributed by atoms with Gasteiger partial charge < -0.3 is 11.1 Å². The van der Waals surface area contributed by atoms with Crippen molar-refractivity contribution in [3.8, 4) is 0 Å². The average Bonchev–Trinajstić information content (AvgIpc) is 2.70. The van der Waals surface area contributed by atoms with Crippen LogP contribution in [0.3, 0.4) is 0 Å². The predicted molar refractivity (Wildman–Crippen MR) is 108 cm³/mol. The molecule has 0 radical (unpaired) electrons. The van der Waals surface area contributed by atoms with Crippen LogP contribution in [0.25, 0.3) is 21.5 Å². The van der Waals surface area contributed by atoms with Crippen molar-refractivity contribution < 1.29 is 9.59 Å². The molecule has 1 aliphatic carbocycles. The Morgan fingerprint density at radius 1 is 0.889 bits per heavy atom. The molecule has 0 unspecified atom stereocenters. The number of hydrogen-bond acceptors (Lipinski definition) is 2. The molecule has 4 rings (SSSR count). The number of fused-ring (bicyclic) bond motifs is 2. The number of hydrogen-bond donors (Lipinski definition) is 2. The van der Waals surface area contributed by atoms with Crippen molar-refractivity contribution in [3.05, 3.63) is 60.2 Å². The zero-order valence-electron chi connectivity index (χ0n) is 15.3. The molecule has 3 N–H and O–H groups in total. The first kappa shape index (κ1) is 17.5. The van der Waals surface area contributed by atoms with Crippen molar-refractivity contribution >= 4 is 33.4 Å². The highest BCUT2D eigenvalue weighted by Crippen LogP contribution is 2.30. The van der Waals surface area contributed by atoms with Gasteiger partial charge >= 0.3 is 0 Å². The summed E-state index contributed by atoms with van der Waals surface area (Å²) in [4.78, 5) is 25.4. The van der Waals surface area contributed by atoms with Gasteiger partial charge in [-0.15, -0.1) is 0 Å². The number of nitrogens with one attached hydrogen (secondary N) is 1. The Bertz CT molecular complexity index is 952. The molecule has 0 bridgehead atoms. The number of benzene rings is 3. The summed E-state index contributed by atoms with van der Waals surface area (Å²) in [5.41, 5.74) is 6.28. The van der Waals surface area contributed by atoms with Crippen LogP contribution in [0.4, 0.5) is 0 Å². The average molecular weight is 360 g/mol. The van der Waals surface area contributed by atoms with Crippen molar-refractivity contribution in [1.29, 1.82) is 0 Å². The largest absolute Gasteiger partial charge is 0.368 e. The van der Waals surface area contributed by atoms with E-state index in [2.05, 4.69) is 11.4 Å². The fourth-order valence-electron chi connectivity index (χ4n) is 4.36. The van der Waals surface area contributed by atoms with Crippen LogP contribution in [-0.4, -0.2) is 17.9 Å². The van der Waals surface area contributed by atoms with E-state index < -0.39 is 11.9 Å². The van der Waals surface area contributed by atoms with Gasteiger partial charge in [0.05, 0.1) is 5.56 Å². The molecule has 2 amide bonds. The number of nitrogens with two attached hydrogens (primary N) is 1. The van der Waals surface area contributed by atoms with Gasteiger partial charge in [-0.2, -0.15) is 0 Å². The summed E-state index contributed by atoms with van der Waals surface area (Å²) in [5.74, 6) is -0.543. The second kappa shape index (κ2) is 7.39. The smallest absolute Gasteiger partial charge is 0.253 e. The van der Waals surface area contributed by atoms with E-state index in [-0.39, 0.29) is 11.8 Å². The van der Waals surface area contributed by atoms with Gasteiger partial charge in [0.1, 0.15) is 6.04 Å². The Balaban J connectivity index is 1.77. The molecular formula is C23H24N2O2. The van der Waals surface area contributed by atoms with Crippen molar-refractivity contribution in [2.24, 2.45) is 11.7 Å². The standard InChI is InChI=1S/C23H24N2O2/c24-22(26)21(15-8-2-1-3-9-15)25-23(27)20-18-12-6-4-10-16(18)14-17-11-5-7-13-19(17)20/h4-7,10-15,21H,1-3,8-9H2,(H2,24,26)(H,25,27)/t21-/m1/s1. The fourth-order valence-corrected chi connectivity index (χ4v) is 4.36. The molecule has 138 valence electrons. The van der Waals surface area contributed by atoms with Gasteiger partial charge in [0.2, 0.25) is 5.91 Å². The molecule has 0 spiro atoms. The van der Waals surface area contributed by atoms with Crippen LogP contribution in [0, 0.1) is 5.92 Å². The topological polar surface area (TPSA) is 72.2 Å². The lowest BCUT2D eigenvalue weighted by molar-refractivity contribution is -0.121. The number of rotatable bonds is 4. The number of carbonyl (C=O) groups is 2. The van der Waals surface area contributed by atoms with Gasteiger partial charge in [-0.3, -0.25) is 9.59 Å². The third kappa shape index (κ3) is 3.39. The van der Waals surface area contributed by atoms with E-state index in [9.17, 15) is 9.59 Å². The van der Waals surface area contributed by atoms with E-state index in [1.165, 1.54) is 6.42 Å². The highest BCUT2D eigenvalue weighted by molar-refractivity contribution is 6.18. The lowest BCUT2D eigenvalue weighted by Gasteiger charge is -2.29. The molecule has 0 aromatic heterocycles. The molecule has 3 aromatic carbocycles. The third-order valence-corrected chi connectivity index (χ3v) is 5.71. The molecule has 4 nitrogen and oxygen atoms in total. The Morgan fingerprint density at radius 3 is 2.00 bits per heavy atom. The minimum atomic E-state index is -0.615. The quantitative estimate of drug-likeness (QED) is 0.686. The molecule has 0 aliphatic heterocycles. The van der Waals surface area contributed by atoms with Crippen LogP contribution < -0.4 is 11.1 Å². The van der Waals surface area contributed by atoms with Gasteiger partial charge in [0, 0.05) is 0 Å². The van der Waals surface area contributed by atoms with Crippen LogP contribution in [0.15, 0.2) is 54.6 Å². The first-order valence-electron chi connectivity index (χ1n) is 9.66. The molecular weight excluding hydrogens is 336 g/mol. The maximum absolute atomic E-state index is 13.3. The zero-order valence-corrected chi connectivity index (χ0v) is 15.3. The fraction of sp³-hybridized carbons (Fsp3) is 0.304. The summed E-state index contributed by atoms with van der Waals surface area (Å²) in [6.07, 6.45) is 5.22. The van der Waals surface area contributed by atoms with E-state index in [0.717, 1.165) is 47.2 Å². The summed E-state index contributed by atoms with van der Waals surface area (Å²) >= 11 is 0. The molecule has 1 fully saturated rings. The summed E-state index contributed by atoms with van der Waals surface area (Å²) in [6, 6.07) is 17.2. The Labute approximate surface area is 158 Å². The second-order valence-corrected chi connectivity index (χ2v) is 7.45. The summed E-state index contributed by atoms with van der Waals surface area (Å²) in [6.45, 7) is 0. The Morgan fingerprint density at radius 2 is 1.44 bits per heavy atom. The molecule has 0 heterocycles. The van der Waals surface area contributed by atoms with E-state index >= 15 is 0 Å². The Kier molecular flexibility index (Phi) is 4.80. The minimum Gasteiger partial charge on any atom is -0.368 e. The van der Waals surface area contributed by atoms with E-state index in [1.807, 2.05) is 48.5 Å². The van der Waals surface area contributed by atoms with Gasteiger partial charge in [-0.05, 0) is 46.4 Å². The van der Waals surface area contributed by atoms with E-state index in [4.69, 9.17) is 5.73 Å². The summed E-state index contributed by atoms with van der Waals surface area (Å²) in [5, 5.41) is 6.77. The molecule has 1 atom stereocenters. The maximum atomic E-state index is 13.3. The lowest BCUT2D eigenvalue weighted by Crippen LogP contribution is -2.49. The van der Waals surface area contributed by atoms with Crippen LogP contribution >= 0.6 is 0 Å². The molecule has 3 aromatic rings. The minimum absolute atomic E-state index is 0.126. The number of amides is 2. The van der Waals surface area contributed by atoms with Crippen LogP contribution in [-0.2, 0) is 4.79 Å². The van der Waals surface area contributed by atoms with Crippen molar-refractivity contribution in [3.63, 3.8) is 0 Å². The Hall–Kier alpha value is -2.88. The van der Waals surface area contributed by atoms with Crippen LogP contribution in [0.5, 0.6) is 0 Å². The molecule has 0 saturated heterocycles. The first-order chi connectivity index (χ1) is 13.1. The summed E-state index contributed by atoms with van der Waals surface area (Å²) < 4.78 is 0. The summed E-state index contributed by atoms with van der Waals surface area (Å²) in [7, 11) is 0. The molecule has 27 heavy (non-hydrogen) atoms. The predicted octanol–water partition coefficient (Wildman–Crippen LogP) is 4.16. The van der Waals surface area contributed by atoms with Crippen molar-refractivity contribution in [2.75, 3.05) is 0 Å². The SMILES string of the molecule is NC(=O)[C@H](NC(=O)c1c2ccccc2cc2ccccc12)C1CCCCC1. The highest BCUT2D eigenvalue weighted by atomic mass is 16.2. The van der Waals surface area contributed by atoms with Gasteiger partial charge in [-0.25, -0.2) is 0 Å². The van der Waals surface area contributed by atoms with E-state index in [0.29, 0.717) is 5.56 Å². The molecule has 1 aliphatic rings. The van der Waals surface area contributed by atoms with Crippen LogP contribution in [0.2, 0.25) is 0 Å². The highest BCUT2D eigenvalue weighted by Gasteiger charge is 2.30. The number of primary amides is 1. The first-order valence-corrected chi connectivity index (χ1v) is 9.66. The van der Waals surface area contributed by atoms with Crippen molar-refractivity contribution in [1.82, 2.24) is 5.32 Å². The second-order valence-electron chi connectivity index (χ2n) is 7.45. The normalized spacial score (nSPS) is 16.3. The van der Waals surface area contributed by atoms with E-state index in [1.54, 1.807) is 0 Å². The van der Waals surface area contributed by atoms with Crippen LogP contribution in [0.1, 0.15) is 42.5 Å². The van der Waals surface area contributed by atoms with Gasteiger partial charge in [0.15, 0.2) is 0 Å². The lowest BCUT2D eigenvalue weighted by atomic mass is 9.83. The number of carbonyl (C=O) groups excluding carboxylic acids is 2. The molecule has 1 saturated carbocycles. The van der Waals surface area contributed by atoms with Crippen molar-refractivity contribution in [2.45, 2.75) is 38.1 Å². The monoisotopic (exact) mass is 360 g/mol.